The lowest BCUT2D eigenvalue weighted by molar-refractivity contribution is 0.146. The maximum atomic E-state index is 5.85. The van der Waals surface area contributed by atoms with E-state index in [9.17, 15) is 0 Å². The molecule has 0 amide bonds. The number of aromatic nitrogens is 1. The molecule has 0 bridgehead atoms. The van der Waals surface area contributed by atoms with Gasteiger partial charge in [0.2, 0.25) is 0 Å². The number of aliphatic imine (C=N–C) groups is 1. The molecule has 6 nitrogen and oxygen atoms in total. The third-order valence-electron chi connectivity index (χ3n) is 4.72. The summed E-state index contributed by atoms with van der Waals surface area (Å²) >= 11 is 5.85. The van der Waals surface area contributed by atoms with Gasteiger partial charge in [0, 0.05) is 19.3 Å². The Morgan fingerprint density at radius 2 is 2.07 bits per heavy atom. The first-order valence-corrected chi connectivity index (χ1v) is 10.0. The summed E-state index contributed by atoms with van der Waals surface area (Å²) in [7, 11) is 0. The Morgan fingerprint density at radius 3 is 2.71 bits per heavy atom. The topological polar surface area (TPSA) is 65.7 Å². The molecule has 0 radical (unpaired) electrons. The molecule has 1 saturated heterocycles. The Bertz CT molecular complexity index is 702. The molecule has 3 heterocycles. The van der Waals surface area contributed by atoms with Crippen LogP contribution in [0.3, 0.4) is 0 Å². The number of pyridine rings is 1. The number of furan rings is 1. The van der Waals surface area contributed by atoms with Gasteiger partial charge < -0.3 is 15.1 Å². The molecule has 1 atom stereocenters. The molecule has 1 unspecified atom stereocenters. The summed E-state index contributed by atoms with van der Waals surface area (Å²) in [6.07, 6.45) is 7.31. The van der Waals surface area contributed by atoms with E-state index in [0.29, 0.717) is 11.7 Å². The molecule has 8 heteroatoms. The predicted octanol–water partition coefficient (Wildman–Crippen LogP) is 4.23. The van der Waals surface area contributed by atoms with Gasteiger partial charge in [-0.3, -0.25) is 4.90 Å². The zero-order valence-electron chi connectivity index (χ0n) is 16.2. The van der Waals surface area contributed by atoms with Crippen molar-refractivity contribution >= 4 is 41.5 Å². The molecule has 0 aliphatic carbocycles. The lowest BCUT2D eigenvalue weighted by atomic mass is 10.1. The van der Waals surface area contributed by atoms with Crippen molar-refractivity contribution in [3.05, 3.63) is 53.2 Å². The monoisotopic (exact) mass is 517 g/mol. The van der Waals surface area contributed by atoms with Crippen LogP contribution in [0.25, 0.3) is 0 Å². The summed E-state index contributed by atoms with van der Waals surface area (Å²) in [6, 6.07) is 7.96. The average molecular weight is 518 g/mol. The summed E-state index contributed by atoms with van der Waals surface area (Å²) in [5.74, 6) is 1.79. The Kier molecular flexibility index (Phi) is 10.1. The van der Waals surface area contributed by atoms with Crippen LogP contribution in [0, 0.1) is 0 Å². The summed E-state index contributed by atoms with van der Waals surface area (Å²) in [6.45, 7) is 6.39. The van der Waals surface area contributed by atoms with Crippen molar-refractivity contribution in [3.8, 4) is 0 Å². The lowest BCUT2D eigenvalue weighted by Crippen LogP contribution is -2.44. The van der Waals surface area contributed by atoms with Crippen LogP contribution in [0.5, 0.6) is 0 Å². The van der Waals surface area contributed by atoms with Crippen LogP contribution < -0.4 is 10.6 Å². The van der Waals surface area contributed by atoms with E-state index in [4.69, 9.17) is 16.0 Å². The third kappa shape index (κ3) is 6.93. The van der Waals surface area contributed by atoms with Gasteiger partial charge in [-0.15, -0.1) is 24.0 Å². The van der Waals surface area contributed by atoms with Gasteiger partial charge in [-0.05, 0) is 56.6 Å². The third-order valence-corrected chi connectivity index (χ3v) is 4.94. The van der Waals surface area contributed by atoms with Gasteiger partial charge in [-0.25, -0.2) is 9.98 Å². The van der Waals surface area contributed by atoms with Crippen molar-refractivity contribution in [2.24, 2.45) is 4.99 Å². The second kappa shape index (κ2) is 12.3. The first kappa shape index (κ1) is 23.0. The molecule has 0 saturated carbocycles. The summed E-state index contributed by atoms with van der Waals surface area (Å²) in [5, 5.41) is 7.29. The Hall–Kier alpha value is -1.32. The second-order valence-electron chi connectivity index (χ2n) is 6.69. The lowest BCUT2D eigenvalue weighted by Gasteiger charge is -2.33. The zero-order chi connectivity index (χ0) is 18.9. The highest BCUT2D eigenvalue weighted by atomic mass is 127. The van der Waals surface area contributed by atoms with E-state index in [-0.39, 0.29) is 30.0 Å². The van der Waals surface area contributed by atoms with Gasteiger partial charge >= 0.3 is 0 Å². The minimum atomic E-state index is 0. The van der Waals surface area contributed by atoms with Crippen LogP contribution in [-0.2, 0) is 6.54 Å². The molecular weight excluding hydrogens is 489 g/mol. The number of halogens is 2. The highest BCUT2D eigenvalue weighted by molar-refractivity contribution is 14.0. The highest BCUT2D eigenvalue weighted by Crippen LogP contribution is 2.24. The number of nitrogens with one attached hydrogen (secondary N) is 2. The molecule has 154 valence electrons. The number of hydrogen-bond donors (Lipinski definition) is 2. The van der Waals surface area contributed by atoms with E-state index in [2.05, 4.69) is 38.5 Å². The number of piperidine rings is 1. The fourth-order valence-corrected chi connectivity index (χ4v) is 3.44. The van der Waals surface area contributed by atoms with Crippen LogP contribution in [0.15, 0.2) is 46.1 Å². The first-order chi connectivity index (χ1) is 13.3. The van der Waals surface area contributed by atoms with E-state index in [1.165, 1.54) is 19.3 Å². The molecule has 1 aliphatic rings. The van der Waals surface area contributed by atoms with Crippen molar-refractivity contribution < 1.29 is 4.42 Å². The Morgan fingerprint density at radius 1 is 1.25 bits per heavy atom. The molecular formula is C20H29ClIN5O. The van der Waals surface area contributed by atoms with Crippen molar-refractivity contribution in [3.63, 3.8) is 0 Å². The smallest absolute Gasteiger partial charge is 0.191 e. The minimum absolute atomic E-state index is 0. The van der Waals surface area contributed by atoms with Crippen LogP contribution in [-0.4, -0.2) is 42.0 Å². The first-order valence-electron chi connectivity index (χ1n) is 9.66. The molecule has 1 fully saturated rings. The average Bonchev–Trinajstić information content (AvgIpc) is 3.23. The zero-order valence-corrected chi connectivity index (χ0v) is 19.3. The van der Waals surface area contributed by atoms with Gasteiger partial charge in [0.05, 0.1) is 18.8 Å². The summed E-state index contributed by atoms with van der Waals surface area (Å²) in [5.41, 5.74) is 1.02. The van der Waals surface area contributed by atoms with Gasteiger partial charge in [0.1, 0.15) is 10.9 Å². The van der Waals surface area contributed by atoms with E-state index >= 15 is 0 Å². The molecule has 28 heavy (non-hydrogen) atoms. The normalized spacial score (nSPS) is 16.3. The van der Waals surface area contributed by atoms with Crippen molar-refractivity contribution in [1.29, 1.82) is 0 Å². The number of nitrogens with zero attached hydrogens (tertiary/aromatic N) is 3. The molecule has 0 aromatic carbocycles. The van der Waals surface area contributed by atoms with Crippen LogP contribution in [0.1, 0.15) is 43.6 Å². The largest absolute Gasteiger partial charge is 0.468 e. The number of likely N-dealkylation sites (tertiary alicyclic amines) is 1. The molecule has 2 aromatic rings. The van der Waals surface area contributed by atoms with E-state index in [0.717, 1.165) is 43.5 Å². The maximum absolute atomic E-state index is 5.85. The second-order valence-corrected chi connectivity index (χ2v) is 7.08. The Labute approximate surface area is 189 Å². The van der Waals surface area contributed by atoms with Crippen molar-refractivity contribution in [2.75, 3.05) is 26.2 Å². The van der Waals surface area contributed by atoms with Crippen molar-refractivity contribution in [1.82, 2.24) is 20.5 Å². The summed E-state index contributed by atoms with van der Waals surface area (Å²) in [4.78, 5) is 11.3. The minimum Gasteiger partial charge on any atom is -0.468 e. The van der Waals surface area contributed by atoms with Crippen LogP contribution in [0.4, 0.5) is 0 Å². The maximum Gasteiger partial charge on any atom is 0.191 e. The quantitative estimate of drug-likeness (QED) is 0.249. The molecule has 0 spiro atoms. The summed E-state index contributed by atoms with van der Waals surface area (Å²) < 4.78 is 5.72. The van der Waals surface area contributed by atoms with Crippen LogP contribution in [0.2, 0.25) is 5.15 Å². The fraction of sp³-hybridized carbons (Fsp3) is 0.500. The van der Waals surface area contributed by atoms with Gasteiger partial charge in [0.25, 0.3) is 0 Å². The number of guanidine groups is 1. The number of rotatable bonds is 7. The molecule has 1 aliphatic heterocycles. The van der Waals surface area contributed by atoms with E-state index in [1.54, 1.807) is 18.5 Å². The van der Waals surface area contributed by atoms with Gasteiger partial charge in [-0.2, -0.15) is 0 Å². The molecule has 2 aromatic heterocycles. The number of hydrogen-bond acceptors (Lipinski definition) is 4. The van der Waals surface area contributed by atoms with Crippen LogP contribution >= 0.6 is 35.6 Å². The van der Waals surface area contributed by atoms with E-state index in [1.807, 2.05) is 12.1 Å². The Balaban J connectivity index is 0.00000280. The van der Waals surface area contributed by atoms with Crippen molar-refractivity contribution in [2.45, 2.75) is 38.8 Å². The SMILES string of the molecule is CCNC(=NCc1ccc(Cl)nc1)NCC(c1ccco1)N1CCCCC1.I. The van der Waals surface area contributed by atoms with Gasteiger partial charge in [0.15, 0.2) is 5.96 Å². The van der Waals surface area contributed by atoms with Gasteiger partial charge in [-0.1, -0.05) is 24.1 Å². The fourth-order valence-electron chi connectivity index (χ4n) is 3.33. The molecule has 2 N–H and O–H groups in total. The molecule has 3 rings (SSSR count). The standard InChI is InChI=1S/C20H28ClN5O.HI/c1-2-22-20(24-14-16-8-9-19(21)23-13-16)25-15-17(18-7-6-12-27-18)26-10-4-3-5-11-26;/h6-9,12-13,17H,2-5,10-11,14-15H2,1H3,(H2,22,24,25);1H. The predicted molar refractivity (Wildman–Crippen MR) is 124 cm³/mol. The van der Waals surface area contributed by atoms with E-state index < -0.39 is 0 Å². The highest BCUT2D eigenvalue weighted by Gasteiger charge is 2.24.